The maximum atomic E-state index is 13.4. The molecule has 0 aliphatic rings. The number of alkyl halides is 2. The van der Waals surface area contributed by atoms with Crippen LogP contribution in [-0.4, -0.2) is 41.5 Å². The minimum absolute atomic E-state index is 0.125. The lowest BCUT2D eigenvalue weighted by Gasteiger charge is -2.28. The van der Waals surface area contributed by atoms with E-state index in [2.05, 4.69) is 13.8 Å². The molecule has 0 aromatic carbocycles. The molecule has 0 rings (SSSR count). The van der Waals surface area contributed by atoms with Gasteiger partial charge in [0.2, 0.25) is 5.91 Å². The van der Waals surface area contributed by atoms with Gasteiger partial charge in [-0.15, -0.1) is 0 Å². The normalized spacial score (nSPS) is 14.7. The highest BCUT2D eigenvalue weighted by Crippen LogP contribution is 2.23. The molecule has 3 atom stereocenters. The number of primary amides is 1. The molecule has 0 fully saturated rings. The Balaban J connectivity index is 0. The van der Waals surface area contributed by atoms with E-state index in [0.717, 1.165) is 32.1 Å². The van der Waals surface area contributed by atoms with Crippen LogP contribution in [0.3, 0.4) is 0 Å². The fraction of sp³-hybridized carbons (Fsp3) is 0.895. The lowest BCUT2D eigenvalue weighted by Crippen LogP contribution is -2.56. The summed E-state index contributed by atoms with van der Waals surface area (Å²) in [5.41, 5.74) is 10.6. The number of rotatable bonds is 12. The number of hydrogen-bond acceptors (Lipinski definition) is 4. The molecule has 0 spiro atoms. The van der Waals surface area contributed by atoms with Crippen LogP contribution in [0.15, 0.2) is 0 Å². The van der Waals surface area contributed by atoms with Gasteiger partial charge in [0.25, 0.3) is 5.91 Å². The number of nitrogens with two attached hydrogens (primary N) is 2. The van der Waals surface area contributed by atoms with E-state index in [1.165, 1.54) is 0 Å². The molecule has 0 heterocycles. The molecular formula is C19H39F2N3O3. The van der Waals surface area contributed by atoms with Crippen molar-refractivity contribution in [1.82, 2.24) is 5.32 Å². The summed E-state index contributed by atoms with van der Waals surface area (Å²) in [7, 11) is 0. The van der Waals surface area contributed by atoms with Crippen LogP contribution < -0.4 is 16.8 Å². The van der Waals surface area contributed by atoms with Crippen LogP contribution in [-0.2, 0) is 9.59 Å². The van der Waals surface area contributed by atoms with Crippen molar-refractivity contribution in [2.45, 2.75) is 91.2 Å². The molecule has 0 radical (unpaired) electrons. The molecule has 0 aromatic rings. The molecule has 27 heavy (non-hydrogen) atoms. The van der Waals surface area contributed by atoms with Crippen LogP contribution in [0.5, 0.6) is 0 Å². The van der Waals surface area contributed by atoms with E-state index in [4.69, 9.17) is 11.5 Å². The quantitative estimate of drug-likeness (QED) is 0.406. The maximum absolute atomic E-state index is 13.4. The summed E-state index contributed by atoms with van der Waals surface area (Å²) in [6, 6.07) is -1.14. The van der Waals surface area contributed by atoms with Crippen molar-refractivity contribution < 1.29 is 23.5 Å². The first-order valence-corrected chi connectivity index (χ1v) is 9.86. The van der Waals surface area contributed by atoms with Crippen LogP contribution in [0.4, 0.5) is 8.78 Å². The zero-order valence-corrected chi connectivity index (χ0v) is 17.4. The Labute approximate surface area is 162 Å². The highest BCUT2D eigenvalue weighted by atomic mass is 19.3. The molecule has 0 aliphatic carbocycles. The summed E-state index contributed by atoms with van der Waals surface area (Å²) in [5.74, 6) is -5.66. The van der Waals surface area contributed by atoms with Gasteiger partial charge in [-0.2, -0.15) is 8.78 Å². The maximum Gasteiger partial charge on any atom is 0.351 e. The van der Waals surface area contributed by atoms with Gasteiger partial charge in [0.1, 0.15) is 6.10 Å². The zero-order valence-electron chi connectivity index (χ0n) is 17.4. The number of halogens is 2. The predicted octanol–water partition coefficient (Wildman–Crippen LogP) is 2.57. The molecule has 2 unspecified atom stereocenters. The molecule has 0 saturated carbocycles. The third kappa shape index (κ3) is 11.2. The van der Waals surface area contributed by atoms with Crippen molar-refractivity contribution in [1.29, 1.82) is 0 Å². The van der Waals surface area contributed by atoms with Crippen LogP contribution >= 0.6 is 0 Å². The second kappa shape index (κ2) is 14.7. The van der Waals surface area contributed by atoms with Gasteiger partial charge in [0.15, 0.2) is 0 Å². The molecule has 6 nitrogen and oxygen atoms in total. The van der Waals surface area contributed by atoms with Crippen molar-refractivity contribution in [3.63, 3.8) is 0 Å². The monoisotopic (exact) mass is 395 g/mol. The van der Waals surface area contributed by atoms with E-state index < -0.39 is 24.0 Å². The summed E-state index contributed by atoms with van der Waals surface area (Å²) in [4.78, 5) is 21.9. The summed E-state index contributed by atoms with van der Waals surface area (Å²) in [6.45, 7) is 9.32. The van der Waals surface area contributed by atoms with Crippen LogP contribution in [0, 0.1) is 11.8 Å². The molecule has 8 heteroatoms. The molecular weight excluding hydrogens is 356 g/mol. The van der Waals surface area contributed by atoms with Gasteiger partial charge in [-0.3, -0.25) is 9.59 Å². The van der Waals surface area contributed by atoms with E-state index in [1.54, 1.807) is 20.8 Å². The van der Waals surface area contributed by atoms with Crippen molar-refractivity contribution in [3.8, 4) is 0 Å². The van der Waals surface area contributed by atoms with E-state index in [0.29, 0.717) is 6.42 Å². The standard InChI is InChI=1S/C10H20F2N2O2.C9H19NO/c1-4-5-14-9(16)10(11,12)8(15)7(13)6(2)3;1-3-5-7-8(6-4-2)9(10)11/h6-8,15H,4-5,13H2,1-3H3,(H,14,16);8H,3-7H2,1-2H3,(H2,10,11)/t7-,8?;/m0./s1. The van der Waals surface area contributed by atoms with E-state index >= 15 is 0 Å². The average molecular weight is 396 g/mol. The fourth-order valence-electron chi connectivity index (χ4n) is 2.32. The third-order valence-corrected chi connectivity index (χ3v) is 4.29. The lowest BCUT2D eigenvalue weighted by atomic mass is 9.95. The summed E-state index contributed by atoms with van der Waals surface area (Å²) < 4.78 is 26.8. The number of carbonyl (C=O) groups excluding carboxylic acids is 2. The topological polar surface area (TPSA) is 118 Å². The van der Waals surface area contributed by atoms with E-state index in [9.17, 15) is 23.5 Å². The van der Waals surface area contributed by atoms with Gasteiger partial charge in [-0.1, -0.05) is 53.9 Å². The first-order chi connectivity index (χ1) is 12.5. The lowest BCUT2D eigenvalue weighted by molar-refractivity contribution is -0.167. The molecule has 6 N–H and O–H groups in total. The first-order valence-electron chi connectivity index (χ1n) is 9.86. The number of amides is 2. The summed E-state index contributed by atoms with van der Waals surface area (Å²) >= 11 is 0. The van der Waals surface area contributed by atoms with Gasteiger partial charge >= 0.3 is 5.92 Å². The fourth-order valence-corrected chi connectivity index (χ4v) is 2.32. The summed E-state index contributed by atoms with van der Waals surface area (Å²) in [6.07, 6.45) is 3.63. The zero-order chi connectivity index (χ0) is 21.6. The van der Waals surface area contributed by atoms with Crippen LogP contribution in [0.1, 0.15) is 73.1 Å². The summed E-state index contributed by atoms with van der Waals surface area (Å²) in [5, 5.41) is 11.4. The minimum atomic E-state index is -3.85. The Hall–Kier alpha value is -1.28. The number of nitrogens with one attached hydrogen (secondary N) is 1. The minimum Gasteiger partial charge on any atom is -0.385 e. The van der Waals surface area contributed by atoms with Gasteiger partial charge < -0.3 is 21.9 Å². The smallest absolute Gasteiger partial charge is 0.351 e. The molecule has 162 valence electrons. The second-order valence-electron chi connectivity index (χ2n) is 7.18. The Morgan fingerprint density at radius 3 is 2.00 bits per heavy atom. The third-order valence-electron chi connectivity index (χ3n) is 4.29. The Kier molecular flexibility index (Phi) is 15.2. The number of carbonyl (C=O) groups is 2. The Morgan fingerprint density at radius 2 is 1.63 bits per heavy atom. The molecule has 2 amide bonds. The number of aliphatic hydroxyl groups excluding tert-OH is 1. The number of aliphatic hydroxyl groups is 1. The van der Waals surface area contributed by atoms with Crippen molar-refractivity contribution >= 4 is 11.8 Å². The average Bonchev–Trinajstić information content (AvgIpc) is 2.61. The van der Waals surface area contributed by atoms with E-state index in [1.807, 2.05) is 5.32 Å². The Morgan fingerprint density at radius 1 is 1.07 bits per heavy atom. The van der Waals surface area contributed by atoms with Gasteiger partial charge in [-0.05, 0) is 25.2 Å². The molecule has 0 bridgehead atoms. The SMILES string of the molecule is CCCCC(CCC)C(N)=O.CCCNC(=O)C(F)(F)C(O)[C@@H](N)C(C)C. The number of unbranched alkanes of at least 4 members (excludes halogenated alkanes) is 1. The van der Waals surface area contributed by atoms with E-state index in [-0.39, 0.29) is 24.3 Å². The molecule has 0 saturated heterocycles. The van der Waals surface area contributed by atoms with Gasteiger partial charge in [0.05, 0.1) is 0 Å². The highest BCUT2D eigenvalue weighted by molar-refractivity contribution is 5.84. The second-order valence-corrected chi connectivity index (χ2v) is 7.18. The van der Waals surface area contributed by atoms with Crippen LogP contribution in [0.2, 0.25) is 0 Å². The predicted molar refractivity (Wildman–Crippen MR) is 104 cm³/mol. The Bertz CT molecular complexity index is 421. The van der Waals surface area contributed by atoms with Gasteiger partial charge in [0, 0.05) is 18.5 Å². The highest BCUT2D eigenvalue weighted by Gasteiger charge is 2.49. The molecule has 0 aliphatic heterocycles. The van der Waals surface area contributed by atoms with Crippen LogP contribution in [0.25, 0.3) is 0 Å². The van der Waals surface area contributed by atoms with Gasteiger partial charge in [-0.25, -0.2) is 0 Å². The van der Waals surface area contributed by atoms with Crippen molar-refractivity contribution in [2.75, 3.05) is 6.54 Å². The largest absolute Gasteiger partial charge is 0.385 e. The molecule has 0 aromatic heterocycles. The number of hydrogen-bond donors (Lipinski definition) is 4. The van der Waals surface area contributed by atoms with Crippen molar-refractivity contribution in [3.05, 3.63) is 0 Å². The first kappa shape index (κ1) is 27.9. The van der Waals surface area contributed by atoms with Crippen molar-refractivity contribution in [2.24, 2.45) is 23.3 Å².